The lowest BCUT2D eigenvalue weighted by Gasteiger charge is -2.39. The van der Waals surface area contributed by atoms with Crippen molar-refractivity contribution in [2.24, 2.45) is 4.99 Å². The third kappa shape index (κ3) is 5.89. The van der Waals surface area contributed by atoms with Crippen LogP contribution in [-0.2, 0) is 9.53 Å². The lowest BCUT2D eigenvalue weighted by molar-refractivity contribution is -0.139. The number of ether oxygens (including phenoxy) is 1. The molecule has 41 heavy (non-hydrogen) atoms. The topological polar surface area (TPSA) is 73.3 Å². The van der Waals surface area contributed by atoms with Gasteiger partial charge >= 0.3 is 5.97 Å². The van der Waals surface area contributed by atoms with Crippen LogP contribution in [0, 0.1) is 12.7 Å². The van der Waals surface area contributed by atoms with Gasteiger partial charge < -0.3 is 19.9 Å². The summed E-state index contributed by atoms with van der Waals surface area (Å²) in [6.45, 7) is 14.3. The number of aromatic nitrogens is 1. The molecule has 0 bridgehead atoms. The van der Waals surface area contributed by atoms with E-state index in [1.54, 1.807) is 26.1 Å². The first kappa shape index (κ1) is 29.6. The van der Waals surface area contributed by atoms with Crippen molar-refractivity contribution in [1.82, 2.24) is 25.0 Å². The lowest BCUT2D eigenvalue weighted by Crippen LogP contribution is -2.53. The van der Waals surface area contributed by atoms with Gasteiger partial charge in [0, 0.05) is 55.5 Å². The quantitative estimate of drug-likeness (QED) is 0.330. The van der Waals surface area contributed by atoms with E-state index in [0.29, 0.717) is 34.1 Å². The Morgan fingerprint density at radius 1 is 1.27 bits per heavy atom. The van der Waals surface area contributed by atoms with Crippen LogP contribution < -0.4 is 5.32 Å². The number of amidine groups is 1. The van der Waals surface area contributed by atoms with Crippen LogP contribution in [-0.4, -0.2) is 87.5 Å². The Hall–Kier alpha value is -2.89. The van der Waals surface area contributed by atoms with E-state index in [0.717, 1.165) is 49.8 Å². The smallest absolute Gasteiger partial charge is 0.338 e. The fourth-order valence-electron chi connectivity index (χ4n) is 6.16. The second-order valence-electron chi connectivity index (χ2n) is 11.4. The van der Waals surface area contributed by atoms with Crippen molar-refractivity contribution in [3.05, 3.63) is 63.0 Å². The molecule has 220 valence electrons. The third-order valence-corrected chi connectivity index (χ3v) is 9.51. The number of hydrogen-bond acceptors (Lipinski definition) is 8. The van der Waals surface area contributed by atoms with Crippen LogP contribution in [0.15, 0.2) is 46.0 Å². The highest BCUT2D eigenvalue weighted by molar-refractivity contribution is 7.80. The largest absolute Gasteiger partial charge is 0.463 e. The van der Waals surface area contributed by atoms with Gasteiger partial charge in [0.1, 0.15) is 11.9 Å². The molecule has 0 spiro atoms. The fraction of sp³-hybridized carbons (Fsp3) is 0.533. The van der Waals surface area contributed by atoms with Crippen molar-refractivity contribution in [3.8, 4) is 0 Å². The number of carbonyl (C=O) groups is 1. The van der Waals surface area contributed by atoms with Crippen molar-refractivity contribution in [1.29, 1.82) is 0 Å². The van der Waals surface area contributed by atoms with E-state index in [9.17, 15) is 9.18 Å². The molecule has 1 aromatic heterocycles. The van der Waals surface area contributed by atoms with E-state index in [2.05, 4.69) is 45.8 Å². The van der Waals surface area contributed by atoms with E-state index in [4.69, 9.17) is 21.9 Å². The zero-order valence-corrected chi connectivity index (χ0v) is 26.1. The standard InChI is InChI=1S/C30H39FN6O2S2/c1-6-11-30(4,5)37-17-20-16-35(13-14-36(20)29(37)40)18-23-24(28(38)39-7-2)25(21-9-8-10-22(31)19(21)3)34-26(33-23)27-32-12-15-41-27/h8-10,12,15,20,25H,6-7,11,13-14,16-18H2,1-5H3,(H,33,34)/t20-,25-/m0/s1. The van der Waals surface area contributed by atoms with Crippen LogP contribution in [0.5, 0.6) is 0 Å². The van der Waals surface area contributed by atoms with Gasteiger partial charge in [-0.1, -0.05) is 25.5 Å². The van der Waals surface area contributed by atoms with Crippen LogP contribution in [0.4, 0.5) is 4.39 Å². The summed E-state index contributed by atoms with van der Waals surface area (Å²) >= 11 is 7.40. The average Bonchev–Trinajstić information content (AvgIpc) is 3.59. The van der Waals surface area contributed by atoms with E-state index >= 15 is 0 Å². The number of nitrogens with zero attached hydrogens (tertiary/aromatic N) is 5. The van der Waals surface area contributed by atoms with Gasteiger partial charge in [-0.05, 0) is 63.5 Å². The first-order valence-corrected chi connectivity index (χ1v) is 15.6. The van der Waals surface area contributed by atoms with Crippen LogP contribution >= 0.6 is 23.6 Å². The van der Waals surface area contributed by atoms with Gasteiger partial charge in [-0.15, -0.1) is 11.3 Å². The summed E-state index contributed by atoms with van der Waals surface area (Å²) in [5.74, 6) is -0.204. The van der Waals surface area contributed by atoms with Crippen LogP contribution in [0.3, 0.4) is 0 Å². The second kappa shape index (κ2) is 12.1. The van der Waals surface area contributed by atoms with Crippen LogP contribution in [0.1, 0.15) is 62.7 Å². The highest BCUT2D eigenvalue weighted by atomic mass is 32.1. The number of fused-ring (bicyclic) bond motifs is 1. The molecule has 11 heteroatoms. The Labute approximate surface area is 251 Å². The second-order valence-corrected chi connectivity index (χ2v) is 12.7. The van der Waals surface area contributed by atoms with Gasteiger partial charge in [-0.3, -0.25) is 9.89 Å². The summed E-state index contributed by atoms with van der Waals surface area (Å²) in [5, 5.41) is 6.98. The molecule has 2 saturated heterocycles. The van der Waals surface area contributed by atoms with Crippen molar-refractivity contribution >= 4 is 40.5 Å². The summed E-state index contributed by atoms with van der Waals surface area (Å²) in [5.41, 5.74) is 2.24. The van der Waals surface area contributed by atoms with E-state index < -0.39 is 12.0 Å². The summed E-state index contributed by atoms with van der Waals surface area (Å²) in [6.07, 6.45) is 3.91. The number of piperazine rings is 1. The molecular formula is C30H39FN6O2S2. The maximum Gasteiger partial charge on any atom is 0.338 e. The van der Waals surface area contributed by atoms with Gasteiger partial charge in [-0.2, -0.15) is 0 Å². The molecule has 1 aromatic carbocycles. The number of thiazole rings is 1. The van der Waals surface area contributed by atoms with Gasteiger partial charge in [0.05, 0.1) is 18.2 Å². The molecule has 2 fully saturated rings. The molecule has 2 atom stereocenters. The molecular weight excluding hydrogens is 560 g/mol. The molecule has 0 radical (unpaired) electrons. The highest BCUT2D eigenvalue weighted by Crippen LogP contribution is 2.36. The Bertz CT molecular complexity index is 1360. The molecule has 0 saturated carbocycles. The minimum atomic E-state index is -0.717. The number of halogens is 1. The first-order chi connectivity index (χ1) is 19.6. The molecule has 1 N–H and O–H groups in total. The fourth-order valence-corrected chi connectivity index (χ4v) is 7.31. The van der Waals surface area contributed by atoms with Crippen LogP contribution in [0.25, 0.3) is 0 Å². The van der Waals surface area contributed by atoms with Gasteiger partial charge in [0.2, 0.25) is 0 Å². The number of esters is 1. The predicted octanol–water partition coefficient (Wildman–Crippen LogP) is 4.66. The Balaban J connectivity index is 1.48. The van der Waals surface area contributed by atoms with E-state index in [-0.39, 0.29) is 24.0 Å². The minimum Gasteiger partial charge on any atom is -0.463 e. The highest BCUT2D eigenvalue weighted by Gasteiger charge is 2.44. The van der Waals surface area contributed by atoms with Crippen molar-refractivity contribution in [2.45, 2.75) is 65.1 Å². The summed E-state index contributed by atoms with van der Waals surface area (Å²) in [7, 11) is 0. The van der Waals surface area contributed by atoms with E-state index in [1.165, 1.54) is 17.4 Å². The van der Waals surface area contributed by atoms with E-state index in [1.807, 2.05) is 11.4 Å². The lowest BCUT2D eigenvalue weighted by atomic mass is 9.92. The van der Waals surface area contributed by atoms with Gasteiger partial charge in [-0.25, -0.2) is 14.2 Å². The predicted molar refractivity (Wildman–Crippen MR) is 165 cm³/mol. The zero-order chi connectivity index (χ0) is 29.3. The molecule has 0 aliphatic carbocycles. The molecule has 2 aromatic rings. The Morgan fingerprint density at radius 3 is 2.78 bits per heavy atom. The number of rotatable bonds is 9. The molecule has 3 aliphatic rings. The molecule has 0 amide bonds. The Kier molecular flexibility index (Phi) is 8.77. The third-order valence-electron chi connectivity index (χ3n) is 8.27. The number of thiocarbonyl (C=S) groups is 1. The molecule has 5 rings (SSSR count). The molecule has 8 nitrogen and oxygen atoms in total. The number of carbonyl (C=O) groups excluding carboxylic acids is 1. The number of aliphatic imine (C=N–C) groups is 1. The minimum absolute atomic E-state index is 0.00759. The molecule has 4 heterocycles. The SMILES string of the molecule is CCCC(C)(C)N1C[C@@H]2CN(CC3=C(C(=O)OCC)[C@H](c4cccc(F)c4C)N=C(c4nccs4)N3)CCN2C1=S. The van der Waals surface area contributed by atoms with Crippen molar-refractivity contribution < 1.29 is 13.9 Å². The van der Waals surface area contributed by atoms with Crippen LogP contribution in [0.2, 0.25) is 0 Å². The van der Waals surface area contributed by atoms with Gasteiger partial charge in [0.25, 0.3) is 0 Å². The monoisotopic (exact) mass is 598 g/mol. The number of benzene rings is 1. The summed E-state index contributed by atoms with van der Waals surface area (Å²) < 4.78 is 20.3. The average molecular weight is 599 g/mol. The summed E-state index contributed by atoms with van der Waals surface area (Å²) in [6, 6.07) is 4.48. The van der Waals surface area contributed by atoms with Crippen molar-refractivity contribution in [3.63, 3.8) is 0 Å². The summed E-state index contributed by atoms with van der Waals surface area (Å²) in [4.78, 5) is 30.0. The number of hydrogen-bond donors (Lipinski definition) is 1. The van der Waals surface area contributed by atoms with Crippen molar-refractivity contribution in [2.75, 3.05) is 39.3 Å². The molecule has 3 aliphatic heterocycles. The normalized spacial score (nSPS) is 21.6. The number of nitrogens with one attached hydrogen (secondary N) is 1. The van der Waals surface area contributed by atoms with Gasteiger partial charge in [0.15, 0.2) is 16.0 Å². The first-order valence-electron chi connectivity index (χ1n) is 14.3. The Morgan fingerprint density at radius 2 is 2.07 bits per heavy atom. The zero-order valence-electron chi connectivity index (χ0n) is 24.4. The maximum atomic E-state index is 14.7. The maximum absolute atomic E-state index is 14.7. The molecule has 0 unspecified atom stereocenters.